The van der Waals surface area contributed by atoms with E-state index in [1.165, 1.54) is 0 Å². The highest BCUT2D eigenvalue weighted by atomic mass is 16.7. The number of fused-ring (bicyclic) bond motifs is 2. The fourth-order valence-corrected chi connectivity index (χ4v) is 2.57. The van der Waals surface area contributed by atoms with Gasteiger partial charge in [-0.3, -0.25) is 0 Å². The number of para-hydroxylation sites is 2. The summed E-state index contributed by atoms with van der Waals surface area (Å²) in [7, 11) is 0. The second kappa shape index (κ2) is 5.14. The number of hydrogen-bond acceptors (Lipinski definition) is 4. The molecule has 4 heteroatoms. The Kier molecular flexibility index (Phi) is 3.01. The van der Waals surface area contributed by atoms with Gasteiger partial charge >= 0.3 is 0 Å². The maximum absolute atomic E-state index is 5.78. The van der Waals surface area contributed by atoms with Crippen LogP contribution >= 0.6 is 0 Å². The predicted molar refractivity (Wildman–Crippen MR) is 79.3 cm³/mol. The molecule has 0 unspecified atom stereocenters. The molecule has 0 saturated carbocycles. The first kappa shape index (κ1) is 12.3. The average molecular weight is 281 g/mol. The van der Waals surface area contributed by atoms with Crippen molar-refractivity contribution in [3.05, 3.63) is 59.9 Å². The predicted octanol–water partition coefficient (Wildman–Crippen LogP) is 3.45. The van der Waals surface area contributed by atoms with Crippen molar-refractivity contribution in [2.24, 2.45) is 0 Å². The van der Waals surface area contributed by atoms with Crippen LogP contribution < -0.4 is 14.8 Å². The van der Waals surface area contributed by atoms with E-state index in [0.717, 1.165) is 33.8 Å². The lowest BCUT2D eigenvalue weighted by Crippen LogP contribution is -2.12. The molecule has 1 aliphatic heterocycles. The van der Waals surface area contributed by atoms with Crippen molar-refractivity contribution in [3.63, 3.8) is 0 Å². The van der Waals surface area contributed by atoms with Gasteiger partial charge in [0.05, 0.1) is 6.54 Å². The van der Waals surface area contributed by atoms with Crippen molar-refractivity contribution in [1.82, 2.24) is 5.32 Å². The number of hydrogen-bond donors (Lipinski definition) is 1. The van der Waals surface area contributed by atoms with Crippen LogP contribution in [0.15, 0.2) is 52.9 Å². The topological polar surface area (TPSA) is 43.6 Å². The van der Waals surface area contributed by atoms with Gasteiger partial charge in [0, 0.05) is 17.5 Å². The first-order chi connectivity index (χ1) is 10.4. The van der Waals surface area contributed by atoms with Crippen LogP contribution in [-0.2, 0) is 13.1 Å². The molecule has 1 aromatic heterocycles. The van der Waals surface area contributed by atoms with Crippen LogP contribution in [0.3, 0.4) is 0 Å². The molecule has 2 aromatic carbocycles. The lowest BCUT2D eigenvalue weighted by molar-refractivity contribution is 0.173. The Hall–Kier alpha value is -2.46. The summed E-state index contributed by atoms with van der Waals surface area (Å²) in [4.78, 5) is 0. The van der Waals surface area contributed by atoms with Crippen LogP contribution in [0, 0.1) is 0 Å². The van der Waals surface area contributed by atoms with Crippen molar-refractivity contribution < 1.29 is 13.9 Å². The molecule has 0 radical (unpaired) electrons. The Morgan fingerprint density at radius 1 is 0.952 bits per heavy atom. The van der Waals surface area contributed by atoms with E-state index in [4.69, 9.17) is 13.9 Å². The standard InChI is InChI=1S/C17H15NO3/c1-2-6-15-12(4-1)8-14(21-15)10-18-9-13-5-3-7-16-17(13)20-11-19-16/h1-8,18H,9-11H2. The third kappa shape index (κ3) is 2.34. The van der Waals surface area contributed by atoms with E-state index in [1.807, 2.05) is 36.4 Å². The molecule has 0 amide bonds. The summed E-state index contributed by atoms with van der Waals surface area (Å²) < 4.78 is 16.6. The molecule has 0 aliphatic carbocycles. The van der Waals surface area contributed by atoms with Crippen LogP contribution in [0.2, 0.25) is 0 Å². The molecule has 3 aromatic rings. The molecule has 0 atom stereocenters. The zero-order valence-electron chi connectivity index (χ0n) is 11.5. The number of nitrogens with one attached hydrogen (secondary N) is 1. The summed E-state index contributed by atoms with van der Waals surface area (Å²) in [5.74, 6) is 2.59. The number of ether oxygens (including phenoxy) is 2. The van der Waals surface area contributed by atoms with Crippen molar-refractivity contribution >= 4 is 11.0 Å². The molecule has 1 N–H and O–H groups in total. The number of rotatable bonds is 4. The molecule has 0 spiro atoms. The minimum atomic E-state index is 0.302. The molecule has 0 fully saturated rings. The maximum atomic E-state index is 5.78. The monoisotopic (exact) mass is 281 g/mol. The van der Waals surface area contributed by atoms with Gasteiger partial charge in [0.1, 0.15) is 11.3 Å². The second-order valence-electron chi connectivity index (χ2n) is 5.01. The summed E-state index contributed by atoms with van der Waals surface area (Å²) in [6.45, 7) is 1.69. The Balaban J connectivity index is 1.45. The van der Waals surface area contributed by atoms with Crippen molar-refractivity contribution in [1.29, 1.82) is 0 Å². The number of benzene rings is 2. The zero-order valence-corrected chi connectivity index (χ0v) is 11.5. The van der Waals surface area contributed by atoms with Crippen LogP contribution in [0.5, 0.6) is 11.5 Å². The molecule has 21 heavy (non-hydrogen) atoms. The minimum absolute atomic E-state index is 0.302. The summed E-state index contributed by atoms with van der Waals surface area (Å²) in [6, 6.07) is 16.0. The molecular weight excluding hydrogens is 266 g/mol. The molecule has 0 saturated heterocycles. The van der Waals surface area contributed by atoms with Gasteiger partial charge in [0.2, 0.25) is 6.79 Å². The average Bonchev–Trinajstić information content (AvgIpc) is 3.13. The van der Waals surface area contributed by atoms with Gasteiger partial charge in [-0.05, 0) is 18.2 Å². The van der Waals surface area contributed by atoms with E-state index < -0.39 is 0 Å². The summed E-state index contributed by atoms with van der Waals surface area (Å²) in [5, 5.41) is 4.51. The third-order valence-corrected chi connectivity index (χ3v) is 3.57. The fraction of sp³-hybridized carbons (Fsp3) is 0.176. The Labute approximate surface area is 122 Å². The van der Waals surface area contributed by atoms with Crippen LogP contribution in [-0.4, -0.2) is 6.79 Å². The largest absolute Gasteiger partial charge is 0.460 e. The number of furan rings is 1. The van der Waals surface area contributed by atoms with Crippen LogP contribution in [0.25, 0.3) is 11.0 Å². The summed E-state index contributed by atoms with van der Waals surface area (Å²) in [6.07, 6.45) is 0. The summed E-state index contributed by atoms with van der Waals surface area (Å²) in [5.41, 5.74) is 2.02. The van der Waals surface area contributed by atoms with Crippen LogP contribution in [0.4, 0.5) is 0 Å². The summed E-state index contributed by atoms with van der Waals surface area (Å²) >= 11 is 0. The van der Waals surface area contributed by atoms with Gasteiger partial charge in [0.15, 0.2) is 11.5 Å². The van der Waals surface area contributed by atoms with Gasteiger partial charge in [-0.1, -0.05) is 30.3 Å². The van der Waals surface area contributed by atoms with Crippen molar-refractivity contribution in [2.45, 2.75) is 13.1 Å². The van der Waals surface area contributed by atoms with E-state index in [-0.39, 0.29) is 0 Å². The van der Waals surface area contributed by atoms with Gasteiger partial charge in [-0.2, -0.15) is 0 Å². The quantitative estimate of drug-likeness (QED) is 0.795. The molecule has 0 bridgehead atoms. The smallest absolute Gasteiger partial charge is 0.231 e. The Morgan fingerprint density at radius 3 is 2.86 bits per heavy atom. The van der Waals surface area contributed by atoms with E-state index in [1.54, 1.807) is 0 Å². The van der Waals surface area contributed by atoms with Gasteiger partial charge in [-0.25, -0.2) is 0 Å². The Morgan fingerprint density at radius 2 is 1.90 bits per heavy atom. The molecule has 4 nitrogen and oxygen atoms in total. The first-order valence-corrected chi connectivity index (χ1v) is 6.96. The van der Waals surface area contributed by atoms with Gasteiger partial charge < -0.3 is 19.2 Å². The Bertz CT molecular complexity index is 746. The highest BCUT2D eigenvalue weighted by Gasteiger charge is 2.16. The van der Waals surface area contributed by atoms with Gasteiger partial charge in [0.25, 0.3) is 0 Å². The molecule has 106 valence electrons. The highest BCUT2D eigenvalue weighted by Crippen LogP contribution is 2.35. The van der Waals surface area contributed by atoms with Crippen molar-refractivity contribution in [3.8, 4) is 11.5 Å². The first-order valence-electron chi connectivity index (χ1n) is 6.96. The van der Waals surface area contributed by atoms with E-state index in [9.17, 15) is 0 Å². The van der Waals surface area contributed by atoms with E-state index in [0.29, 0.717) is 19.9 Å². The lowest BCUT2D eigenvalue weighted by Gasteiger charge is -2.06. The van der Waals surface area contributed by atoms with E-state index in [2.05, 4.69) is 17.4 Å². The van der Waals surface area contributed by atoms with Crippen molar-refractivity contribution in [2.75, 3.05) is 6.79 Å². The SMILES string of the molecule is c1cc(CNCc2cc3ccccc3o2)c2c(c1)OCO2. The molecule has 1 aliphatic rings. The molecule has 4 rings (SSSR count). The fourth-order valence-electron chi connectivity index (χ4n) is 2.57. The zero-order chi connectivity index (χ0) is 14.1. The molecule has 2 heterocycles. The highest BCUT2D eigenvalue weighted by molar-refractivity contribution is 5.77. The minimum Gasteiger partial charge on any atom is -0.460 e. The maximum Gasteiger partial charge on any atom is 0.231 e. The third-order valence-electron chi connectivity index (χ3n) is 3.57. The van der Waals surface area contributed by atoms with Gasteiger partial charge in [-0.15, -0.1) is 0 Å². The second-order valence-corrected chi connectivity index (χ2v) is 5.01. The molecular formula is C17H15NO3. The van der Waals surface area contributed by atoms with E-state index >= 15 is 0 Å². The normalized spacial score (nSPS) is 13.0. The lowest BCUT2D eigenvalue weighted by atomic mass is 10.2. The van der Waals surface area contributed by atoms with Crippen LogP contribution in [0.1, 0.15) is 11.3 Å².